The zero-order valence-corrected chi connectivity index (χ0v) is 10.2. The predicted octanol–water partition coefficient (Wildman–Crippen LogP) is 2.67. The first-order chi connectivity index (χ1) is 8.19. The fourth-order valence-electron chi connectivity index (χ4n) is 1.44. The van der Waals surface area contributed by atoms with E-state index in [9.17, 15) is 0 Å². The molecule has 0 saturated carbocycles. The lowest BCUT2D eigenvalue weighted by atomic mass is 10.2. The number of ether oxygens (including phenoxy) is 1. The molecule has 0 atom stereocenters. The van der Waals surface area contributed by atoms with Gasteiger partial charge in [-0.05, 0) is 30.7 Å². The maximum atomic E-state index is 5.86. The third-order valence-electron chi connectivity index (χ3n) is 2.32. The van der Waals surface area contributed by atoms with Crippen LogP contribution in [0.3, 0.4) is 0 Å². The van der Waals surface area contributed by atoms with Crippen LogP contribution in [0.5, 0.6) is 5.75 Å². The largest absolute Gasteiger partial charge is 0.485 e. The summed E-state index contributed by atoms with van der Waals surface area (Å²) in [6.07, 6.45) is 0. The molecule has 2 rings (SSSR count). The Bertz CT molecular complexity index is 511. The van der Waals surface area contributed by atoms with Gasteiger partial charge in [-0.25, -0.2) is 0 Å². The highest BCUT2D eigenvalue weighted by Crippen LogP contribution is 2.22. The summed E-state index contributed by atoms with van der Waals surface area (Å²) in [5.74, 6) is 1.43. The number of nitrogens with zero attached hydrogens (tertiary/aromatic N) is 1. The molecule has 1 aromatic heterocycles. The molecule has 0 spiro atoms. The molecule has 0 fully saturated rings. The van der Waals surface area contributed by atoms with E-state index in [1.165, 1.54) is 0 Å². The summed E-state index contributed by atoms with van der Waals surface area (Å²) in [5.41, 5.74) is 7.13. The van der Waals surface area contributed by atoms with Gasteiger partial charge >= 0.3 is 0 Å². The second kappa shape index (κ2) is 5.21. The van der Waals surface area contributed by atoms with Crippen LogP contribution in [-0.4, -0.2) is 5.16 Å². The van der Waals surface area contributed by atoms with Crippen LogP contribution in [0.1, 0.15) is 17.0 Å². The van der Waals surface area contributed by atoms with Gasteiger partial charge in [0.25, 0.3) is 0 Å². The van der Waals surface area contributed by atoms with Gasteiger partial charge in [-0.3, -0.25) is 0 Å². The van der Waals surface area contributed by atoms with Crippen LogP contribution in [0, 0.1) is 6.92 Å². The number of aromatic nitrogens is 1. The Kier molecular flexibility index (Phi) is 3.66. The second-order valence-corrected chi connectivity index (χ2v) is 4.12. The van der Waals surface area contributed by atoms with Crippen LogP contribution in [0.4, 0.5) is 0 Å². The lowest BCUT2D eigenvalue weighted by Gasteiger charge is -2.07. The normalized spacial score (nSPS) is 10.5. The van der Waals surface area contributed by atoms with Crippen molar-refractivity contribution in [1.29, 1.82) is 0 Å². The number of benzene rings is 1. The lowest BCUT2D eigenvalue weighted by molar-refractivity contribution is 0.247. The lowest BCUT2D eigenvalue weighted by Crippen LogP contribution is -1.96. The van der Waals surface area contributed by atoms with Crippen molar-refractivity contribution in [3.8, 4) is 5.75 Å². The van der Waals surface area contributed by atoms with Gasteiger partial charge in [0.2, 0.25) is 0 Å². The highest BCUT2D eigenvalue weighted by Gasteiger charge is 2.05. The van der Waals surface area contributed by atoms with Crippen molar-refractivity contribution < 1.29 is 9.26 Å². The molecule has 0 unspecified atom stereocenters. The third-order valence-corrected chi connectivity index (χ3v) is 2.56. The van der Waals surface area contributed by atoms with Gasteiger partial charge in [-0.1, -0.05) is 16.8 Å². The number of aryl methyl sites for hydroxylation is 1. The molecule has 5 heteroatoms. The van der Waals surface area contributed by atoms with Crippen LogP contribution in [0.2, 0.25) is 5.02 Å². The third kappa shape index (κ3) is 2.99. The Morgan fingerprint density at radius 3 is 2.88 bits per heavy atom. The van der Waals surface area contributed by atoms with Crippen LogP contribution < -0.4 is 10.5 Å². The number of hydrogen-bond donors (Lipinski definition) is 1. The first kappa shape index (κ1) is 12.0. The highest BCUT2D eigenvalue weighted by atomic mass is 35.5. The SMILES string of the molecule is Cc1cc(Cl)ccc1OCc1cc(CN)no1. The Morgan fingerprint density at radius 2 is 2.24 bits per heavy atom. The summed E-state index contributed by atoms with van der Waals surface area (Å²) >= 11 is 5.86. The Morgan fingerprint density at radius 1 is 1.41 bits per heavy atom. The van der Waals surface area contributed by atoms with E-state index in [2.05, 4.69) is 5.16 Å². The molecule has 4 nitrogen and oxygen atoms in total. The van der Waals surface area contributed by atoms with Crippen molar-refractivity contribution in [3.63, 3.8) is 0 Å². The van der Waals surface area contributed by atoms with Gasteiger partial charge < -0.3 is 15.0 Å². The molecule has 1 heterocycles. The number of rotatable bonds is 4. The van der Waals surface area contributed by atoms with Gasteiger partial charge in [0.15, 0.2) is 5.76 Å². The Balaban J connectivity index is 2.02. The van der Waals surface area contributed by atoms with Gasteiger partial charge in [0.05, 0.1) is 5.69 Å². The molecular weight excluding hydrogens is 240 g/mol. The van der Waals surface area contributed by atoms with Gasteiger partial charge in [-0.2, -0.15) is 0 Å². The maximum absolute atomic E-state index is 5.86. The molecule has 0 saturated heterocycles. The van der Waals surface area contributed by atoms with E-state index in [0.717, 1.165) is 17.0 Å². The minimum Gasteiger partial charge on any atom is -0.485 e. The molecule has 0 aliphatic carbocycles. The van der Waals surface area contributed by atoms with Crippen LogP contribution in [0.25, 0.3) is 0 Å². The summed E-state index contributed by atoms with van der Waals surface area (Å²) in [6.45, 7) is 2.63. The fraction of sp³-hybridized carbons (Fsp3) is 0.250. The average Bonchev–Trinajstić information content (AvgIpc) is 2.76. The highest BCUT2D eigenvalue weighted by molar-refractivity contribution is 6.30. The molecule has 0 radical (unpaired) electrons. The smallest absolute Gasteiger partial charge is 0.174 e. The van der Waals surface area contributed by atoms with Gasteiger partial charge in [0.1, 0.15) is 12.4 Å². The average molecular weight is 253 g/mol. The molecule has 90 valence electrons. The molecular formula is C12H13ClN2O2. The van der Waals surface area contributed by atoms with E-state index in [0.29, 0.717) is 23.9 Å². The molecule has 2 N–H and O–H groups in total. The van der Waals surface area contributed by atoms with E-state index in [-0.39, 0.29) is 0 Å². The van der Waals surface area contributed by atoms with Crippen LogP contribution in [-0.2, 0) is 13.2 Å². The number of halogens is 1. The summed E-state index contributed by atoms with van der Waals surface area (Å²) < 4.78 is 10.7. The zero-order chi connectivity index (χ0) is 12.3. The van der Waals surface area contributed by atoms with Crippen molar-refractivity contribution >= 4 is 11.6 Å². The first-order valence-corrected chi connectivity index (χ1v) is 5.60. The number of hydrogen-bond acceptors (Lipinski definition) is 4. The van der Waals surface area contributed by atoms with Gasteiger partial charge in [-0.15, -0.1) is 0 Å². The molecule has 2 aromatic rings. The van der Waals surface area contributed by atoms with E-state index in [1.54, 1.807) is 12.1 Å². The number of nitrogens with two attached hydrogens (primary N) is 1. The Hall–Kier alpha value is -1.52. The molecule has 0 aliphatic heterocycles. The quantitative estimate of drug-likeness (QED) is 0.909. The summed E-state index contributed by atoms with van der Waals surface area (Å²) in [4.78, 5) is 0. The fourth-order valence-corrected chi connectivity index (χ4v) is 1.67. The predicted molar refractivity (Wildman–Crippen MR) is 64.9 cm³/mol. The van der Waals surface area contributed by atoms with Crippen molar-refractivity contribution in [1.82, 2.24) is 5.16 Å². The van der Waals surface area contributed by atoms with E-state index >= 15 is 0 Å². The second-order valence-electron chi connectivity index (χ2n) is 3.69. The summed E-state index contributed by atoms with van der Waals surface area (Å²) in [6, 6.07) is 7.25. The van der Waals surface area contributed by atoms with Crippen LogP contribution >= 0.6 is 11.6 Å². The van der Waals surface area contributed by atoms with Crippen LogP contribution in [0.15, 0.2) is 28.8 Å². The molecule has 0 bridgehead atoms. The summed E-state index contributed by atoms with van der Waals surface area (Å²) in [5, 5.41) is 4.48. The van der Waals surface area contributed by atoms with E-state index in [1.807, 2.05) is 19.1 Å². The molecule has 0 aliphatic rings. The van der Waals surface area contributed by atoms with Crippen molar-refractivity contribution in [2.45, 2.75) is 20.1 Å². The topological polar surface area (TPSA) is 61.3 Å². The molecule has 1 aromatic carbocycles. The minimum atomic E-state index is 0.329. The first-order valence-electron chi connectivity index (χ1n) is 5.22. The Labute approximate surface area is 104 Å². The molecule has 0 amide bonds. The van der Waals surface area contributed by atoms with Crippen molar-refractivity contribution in [2.75, 3.05) is 0 Å². The van der Waals surface area contributed by atoms with E-state index < -0.39 is 0 Å². The van der Waals surface area contributed by atoms with E-state index in [4.69, 9.17) is 26.6 Å². The van der Waals surface area contributed by atoms with Crippen molar-refractivity contribution in [3.05, 3.63) is 46.3 Å². The van der Waals surface area contributed by atoms with Gasteiger partial charge in [0, 0.05) is 17.6 Å². The molecule has 17 heavy (non-hydrogen) atoms. The monoisotopic (exact) mass is 252 g/mol. The standard InChI is InChI=1S/C12H13ClN2O2/c1-8-4-9(13)2-3-12(8)16-7-11-5-10(6-14)15-17-11/h2-5H,6-7,14H2,1H3. The summed E-state index contributed by atoms with van der Waals surface area (Å²) in [7, 11) is 0. The maximum Gasteiger partial charge on any atom is 0.174 e. The van der Waals surface area contributed by atoms with Crippen molar-refractivity contribution in [2.24, 2.45) is 5.73 Å². The zero-order valence-electron chi connectivity index (χ0n) is 9.44. The minimum absolute atomic E-state index is 0.329.